The summed E-state index contributed by atoms with van der Waals surface area (Å²) in [5.41, 5.74) is 1.42. The Balaban J connectivity index is 2.60. The number of hydrogen-bond donors (Lipinski definition) is 0. The smallest absolute Gasteiger partial charge is 0.00258 e. The topological polar surface area (TPSA) is 0 Å². The van der Waals surface area contributed by atoms with Gasteiger partial charge in [0, 0.05) is 5.16 Å². The molecule has 0 aromatic heterocycles. The SMILES string of the molecule is C=C1CCCC[C@]1(C)P. The summed E-state index contributed by atoms with van der Waals surface area (Å²) in [6, 6.07) is 0. The van der Waals surface area contributed by atoms with E-state index < -0.39 is 0 Å². The van der Waals surface area contributed by atoms with Crippen molar-refractivity contribution in [3.05, 3.63) is 12.2 Å². The minimum absolute atomic E-state index is 0.359. The molecule has 1 aliphatic rings. The van der Waals surface area contributed by atoms with Crippen LogP contribution in [0.1, 0.15) is 32.6 Å². The summed E-state index contributed by atoms with van der Waals surface area (Å²) < 4.78 is 0. The maximum atomic E-state index is 4.05. The van der Waals surface area contributed by atoms with Crippen LogP contribution in [0.25, 0.3) is 0 Å². The second kappa shape index (κ2) is 2.42. The molecule has 1 aliphatic carbocycles. The largest absolute Gasteiger partial charge is 0.127 e. The van der Waals surface area contributed by atoms with E-state index in [1.54, 1.807) is 0 Å². The first-order valence-corrected chi connectivity index (χ1v) is 4.18. The van der Waals surface area contributed by atoms with Crippen molar-refractivity contribution in [3.8, 4) is 0 Å². The maximum absolute atomic E-state index is 4.05. The molecular weight excluding hydrogens is 127 g/mol. The molecule has 0 aromatic rings. The Bertz CT molecular complexity index is 125. The van der Waals surface area contributed by atoms with Crippen molar-refractivity contribution in [2.45, 2.75) is 37.8 Å². The summed E-state index contributed by atoms with van der Waals surface area (Å²) in [7, 11) is 2.90. The van der Waals surface area contributed by atoms with E-state index in [4.69, 9.17) is 0 Å². The van der Waals surface area contributed by atoms with Crippen LogP contribution in [-0.4, -0.2) is 5.16 Å². The van der Waals surface area contributed by atoms with Gasteiger partial charge in [0.1, 0.15) is 0 Å². The van der Waals surface area contributed by atoms with E-state index in [1.165, 1.54) is 31.3 Å². The van der Waals surface area contributed by atoms with Crippen LogP contribution in [0, 0.1) is 0 Å². The van der Waals surface area contributed by atoms with Crippen LogP contribution in [0.3, 0.4) is 0 Å². The van der Waals surface area contributed by atoms with Gasteiger partial charge in [0.15, 0.2) is 0 Å². The van der Waals surface area contributed by atoms with Gasteiger partial charge in [-0.2, -0.15) is 0 Å². The molecule has 2 atom stereocenters. The molecule has 9 heavy (non-hydrogen) atoms. The minimum atomic E-state index is 0.359. The quantitative estimate of drug-likeness (QED) is 0.360. The molecule has 1 unspecified atom stereocenters. The molecule has 52 valence electrons. The van der Waals surface area contributed by atoms with Gasteiger partial charge < -0.3 is 0 Å². The van der Waals surface area contributed by atoms with Crippen LogP contribution >= 0.6 is 9.24 Å². The highest BCUT2D eigenvalue weighted by molar-refractivity contribution is 7.19. The molecule has 0 aromatic carbocycles. The van der Waals surface area contributed by atoms with Gasteiger partial charge in [-0.15, -0.1) is 9.24 Å². The van der Waals surface area contributed by atoms with Crippen molar-refractivity contribution in [1.82, 2.24) is 0 Å². The number of allylic oxidation sites excluding steroid dienone is 1. The van der Waals surface area contributed by atoms with Crippen molar-refractivity contribution in [2.75, 3.05) is 0 Å². The summed E-state index contributed by atoms with van der Waals surface area (Å²) in [5.74, 6) is 0. The molecular formula is C8H15P. The summed E-state index contributed by atoms with van der Waals surface area (Å²) in [6.07, 6.45) is 5.26. The number of hydrogen-bond acceptors (Lipinski definition) is 0. The fourth-order valence-electron chi connectivity index (χ4n) is 1.29. The Kier molecular flexibility index (Phi) is 1.96. The Labute approximate surface area is 59.9 Å². The van der Waals surface area contributed by atoms with E-state index in [2.05, 4.69) is 22.7 Å². The third kappa shape index (κ3) is 1.55. The zero-order valence-corrected chi connectivity index (χ0v) is 7.27. The molecule has 0 radical (unpaired) electrons. The molecule has 0 bridgehead atoms. The second-order valence-electron chi connectivity index (χ2n) is 3.23. The average Bonchev–Trinajstić information content (AvgIpc) is 1.77. The fourth-order valence-corrected chi connectivity index (χ4v) is 1.64. The molecule has 0 aliphatic heterocycles. The van der Waals surface area contributed by atoms with E-state index >= 15 is 0 Å². The molecule has 0 N–H and O–H groups in total. The highest BCUT2D eigenvalue weighted by atomic mass is 31.0. The van der Waals surface area contributed by atoms with Crippen LogP contribution in [0.5, 0.6) is 0 Å². The van der Waals surface area contributed by atoms with E-state index in [1.807, 2.05) is 0 Å². The first-order valence-electron chi connectivity index (χ1n) is 3.60. The van der Waals surface area contributed by atoms with Crippen LogP contribution in [0.2, 0.25) is 0 Å². The lowest BCUT2D eigenvalue weighted by Gasteiger charge is -2.31. The zero-order valence-electron chi connectivity index (χ0n) is 6.11. The Morgan fingerprint density at radius 2 is 2.22 bits per heavy atom. The molecule has 0 spiro atoms. The van der Waals surface area contributed by atoms with Gasteiger partial charge in [-0.05, 0) is 19.3 Å². The van der Waals surface area contributed by atoms with Crippen LogP contribution in [0.4, 0.5) is 0 Å². The Hall–Kier alpha value is 0.170. The van der Waals surface area contributed by atoms with Crippen molar-refractivity contribution in [3.63, 3.8) is 0 Å². The first kappa shape index (κ1) is 7.28. The maximum Gasteiger partial charge on any atom is 0.00258 e. The van der Waals surface area contributed by atoms with Gasteiger partial charge >= 0.3 is 0 Å². The zero-order chi connectivity index (χ0) is 6.91. The van der Waals surface area contributed by atoms with E-state index in [0.717, 1.165) is 0 Å². The van der Waals surface area contributed by atoms with Gasteiger partial charge in [-0.1, -0.05) is 25.5 Å². The summed E-state index contributed by atoms with van der Waals surface area (Å²) in [5, 5.41) is 0.359. The fraction of sp³-hybridized carbons (Fsp3) is 0.750. The van der Waals surface area contributed by atoms with Gasteiger partial charge in [-0.25, -0.2) is 0 Å². The van der Waals surface area contributed by atoms with Gasteiger partial charge in [0.25, 0.3) is 0 Å². The molecule has 1 rings (SSSR count). The molecule has 0 nitrogen and oxygen atoms in total. The van der Waals surface area contributed by atoms with Gasteiger partial charge in [0.05, 0.1) is 0 Å². The third-order valence-corrected chi connectivity index (χ3v) is 2.93. The van der Waals surface area contributed by atoms with E-state index in [0.29, 0.717) is 5.16 Å². The van der Waals surface area contributed by atoms with Crippen LogP contribution in [0.15, 0.2) is 12.2 Å². The lowest BCUT2D eigenvalue weighted by atomic mass is 9.86. The lowest BCUT2D eigenvalue weighted by Crippen LogP contribution is -2.21. The van der Waals surface area contributed by atoms with Gasteiger partial charge in [0.2, 0.25) is 0 Å². The van der Waals surface area contributed by atoms with Crippen molar-refractivity contribution < 1.29 is 0 Å². The average molecular weight is 142 g/mol. The normalized spacial score (nSPS) is 36.9. The van der Waals surface area contributed by atoms with Gasteiger partial charge in [-0.3, -0.25) is 0 Å². The summed E-state index contributed by atoms with van der Waals surface area (Å²) >= 11 is 0. The van der Waals surface area contributed by atoms with Crippen LogP contribution < -0.4 is 0 Å². The highest BCUT2D eigenvalue weighted by Crippen LogP contribution is 2.38. The van der Waals surface area contributed by atoms with E-state index in [-0.39, 0.29) is 0 Å². The predicted molar refractivity (Wildman–Crippen MR) is 45.7 cm³/mol. The first-order chi connectivity index (χ1) is 4.13. The van der Waals surface area contributed by atoms with E-state index in [9.17, 15) is 0 Å². The molecule has 1 saturated carbocycles. The highest BCUT2D eigenvalue weighted by Gasteiger charge is 2.24. The standard InChI is InChI=1S/C8H15P/c1-7-5-3-4-6-8(7,2)9/h1,3-6,9H2,2H3/t8-/m0/s1. The van der Waals surface area contributed by atoms with Crippen LogP contribution in [-0.2, 0) is 0 Å². The lowest BCUT2D eigenvalue weighted by molar-refractivity contribution is 0.520. The third-order valence-electron chi connectivity index (χ3n) is 2.23. The summed E-state index contributed by atoms with van der Waals surface area (Å²) in [6.45, 7) is 6.31. The Morgan fingerprint density at radius 1 is 1.56 bits per heavy atom. The molecule has 0 saturated heterocycles. The van der Waals surface area contributed by atoms with Crippen molar-refractivity contribution >= 4 is 9.24 Å². The molecule has 0 heterocycles. The van der Waals surface area contributed by atoms with Crippen molar-refractivity contribution in [1.29, 1.82) is 0 Å². The molecule has 1 fully saturated rings. The second-order valence-corrected chi connectivity index (χ2v) is 4.50. The Morgan fingerprint density at radius 3 is 2.56 bits per heavy atom. The minimum Gasteiger partial charge on any atom is -0.127 e. The predicted octanol–water partition coefficient (Wildman–Crippen LogP) is 2.75. The molecule has 1 heteroatoms. The number of rotatable bonds is 0. The molecule has 0 amide bonds. The summed E-state index contributed by atoms with van der Waals surface area (Å²) in [4.78, 5) is 0. The van der Waals surface area contributed by atoms with Crippen molar-refractivity contribution in [2.24, 2.45) is 0 Å². The monoisotopic (exact) mass is 142 g/mol.